The fraction of sp³-hybridized carbons (Fsp3) is 0.500. The third-order valence-corrected chi connectivity index (χ3v) is 3.41. The van der Waals surface area contributed by atoms with Crippen LogP contribution in [-0.4, -0.2) is 59.8 Å². The number of aromatic nitrogens is 4. The van der Waals surface area contributed by atoms with Gasteiger partial charge in [0.1, 0.15) is 24.6 Å². The minimum atomic E-state index is -1.29. The molecule has 2 aromatic rings. The van der Waals surface area contributed by atoms with Crippen LogP contribution in [0.25, 0.3) is 11.2 Å². The fourth-order valence-corrected chi connectivity index (χ4v) is 2.36. The van der Waals surface area contributed by atoms with Crippen molar-refractivity contribution in [3.63, 3.8) is 0 Å². The first-order valence-electron chi connectivity index (χ1n) is 6.16. The van der Waals surface area contributed by atoms with Crippen molar-refractivity contribution in [2.45, 2.75) is 24.5 Å². The van der Waals surface area contributed by atoms with Crippen LogP contribution in [0, 0.1) is 0 Å². The van der Waals surface area contributed by atoms with Crippen molar-refractivity contribution in [3.05, 3.63) is 6.33 Å². The molecule has 11 heteroatoms. The molecule has 0 saturated carbocycles. The number of imidazole rings is 1. The molecule has 0 radical (unpaired) electrons. The quantitative estimate of drug-likeness (QED) is 0.258. The monoisotopic (exact) mass is 297 g/mol. The third kappa shape index (κ3) is 1.99. The molecular weight excluding hydrogens is 282 g/mol. The number of rotatable bonds is 3. The summed E-state index contributed by atoms with van der Waals surface area (Å²) in [7, 11) is 0. The highest BCUT2D eigenvalue weighted by atomic mass is 16.6. The van der Waals surface area contributed by atoms with Gasteiger partial charge in [0.2, 0.25) is 5.95 Å². The zero-order chi connectivity index (χ0) is 15.1. The van der Waals surface area contributed by atoms with Crippen LogP contribution in [0.4, 0.5) is 11.8 Å². The molecule has 2 aromatic heterocycles. The zero-order valence-corrected chi connectivity index (χ0v) is 10.8. The van der Waals surface area contributed by atoms with E-state index < -0.39 is 31.1 Å². The van der Waals surface area contributed by atoms with E-state index in [2.05, 4.69) is 20.4 Å². The summed E-state index contributed by atoms with van der Waals surface area (Å²) in [5, 5.41) is 29.1. The van der Waals surface area contributed by atoms with E-state index >= 15 is 0 Å². The highest BCUT2D eigenvalue weighted by Crippen LogP contribution is 2.34. The lowest BCUT2D eigenvalue weighted by molar-refractivity contribution is -0.0501. The molecule has 0 bridgehead atoms. The Labute approximate surface area is 118 Å². The smallest absolute Gasteiger partial charge is 0.221 e. The van der Waals surface area contributed by atoms with Crippen LogP contribution in [0.1, 0.15) is 6.23 Å². The second-order valence-electron chi connectivity index (χ2n) is 4.61. The summed E-state index contributed by atoms with van der Waals surface area (Å²) in [6.45, 7) is -0.441. The molecular formula is C10H15N7O4. The molecule has 3 rings (SSSR count). The van der Waals surface area contributed by atoms with Gasteiger partial charge in [-0.2, -0.15) is 0 Å². The Hall–Kier alpha value is -2.05. The maximum absolute atomic E-state index is 10.1. The molecule has 114 valence electrons. The van der Waals surface area contributed by atoms with Crippen LogP contribution < -0.4 is 17.0 Å². The Bertz CT molecular complexity index is 662. The van der Waals surface area contributed by atoms with Crippen LogP contribution in [0.5, 0.6) is 0 Å². The first kappa shape index (κ1) is 13.9. The summed E-state index contributed by atoms with van der Waals surface area (Å²) < 4.78 is 6.80. The molecule has 1 saturated heterocycles. The number of ether oxygens (including phenoxy) is 1. The number of hydrogen-bond acceptors (Lipinski definition) is 10. The van der Waals surface area contributed by atoms with Crippen molar-refractivity contribution in [3.8, 4) is 0 Å². The largest absolute Gasteiger partial charge is 0.394 e. The molecule has 1 aliphatic rings. The van der Waals surface area contributed by atoms with Gasteiger partial charge in [-0.25, -0.2) is 20.8 Å². The highest BCUT2D eigenvalue weighted by molar-refractivity contribution is 5.84. The maximum Gasteiger partial charge on any atom is 0.221 e. The standard InChI is InChI=1S/C10H15N7O4/c11-7-4-8(14-2-13-7)17(10(15-4)16-12)9-6(20)5(19)3(1-18)21-9/h2-3,5-6,9,18-20H,1,12H2,(H,15,16)(H2,11,13,14)/t3-,5+,6-,9-/m0/s1. The Morgan fingerprint density at radius 1 is 1.33 bits per heavy atom. The van der Waals surface area contributed by atoms with Crippen molar-refractivity contribution in [1.82, 2.24) is 19.5 Å². The molecule has 8 N–H and O–H groups in total. The molecule has 11 nitrogen and oxygen atoms in total. The van der Waals surface area contributed by atoms with E-state index in [1.54, 1.807) is 0 Å². The van der Waals surface area contributed by atoms with Crippen molar-refractivity contribution in [1.29, 1.82) is 0 Å². The predicted molar refractivity (Wildman–Crippen MR) is 70.6 cm³/mol. The minimum Gasteiger partial charge on any atom is -0.394 e. The minimum absolute atomic E-state index is 0.132. The predicted octanol–water partition coefficient (Wildman–Crippen LogP) is -2.69. The number of nitrogens with one attached hydrogen (secondary N) is 1. The normalized spacial score (nSPS) is 29.1. The Morgan fingerprint density at radius 2 is 2.10 bits per heavy atom. The number of aliphatic hydroxyl groups excluding tert-OH is 3. The number of nitrogen functional groups attached to an aromatic ring is 2. The van der Waals surface area contributed by atoms with Gasteiger partial charge in [-0.1, -0.05) is 0 Å². The molecule has 0 aromatic carbocycles. The number of nitrogens with two attached hydrogens (primary N) is 2. The lowest BCUT2D eigenvalue weighted by Gasteiger charge is -2.18. The molecule has 1 aliphatic heterocycles. The van der Waals surface area contributed by atoms with E-state index in [9.17, 15) is 10.2 Å². The summed E-state index contributed by atoms with van der Waals surface area (Å²) in [5.41, 5.74) is 8.63. The molecule has 21 heavy (non-hydrogen) atoms. The number of anilines is 2. The topological polar surface area (TPSA) is 178 Å². The lowest BCUT2D eigenvalue weighted by Crippen LogP contribution is -2.33. The van der Waals surface area contributed by atoms with Gasteiger partial charge in [0, 0.05) is 0 Å². The number of hydrazine groups is 1. The SMILES string of the molecule is NNc1nc2c(N)ncnc2n1[C@H]1O[C@@H](CO)[C@@H](O)[C@@H]1O. The van der Waals surface area contributed by atoms with Crippen LogP contribution in [-0.2, 0) is 4.74 Å². The number of hydrogen-bond donors (Lipinski definition) is 6. The van der Waals surface area contributed by atoms with Crippen LogP contribution in [0.2, 0.25) is 0 Å². The first-order valence-corrected chi connectivity index (χ1v) is 6.16. The molecule has 4 atom stereocenters. The van der Waals surface area contributed by atoms with E-state index in [1.807, 2.05) is 0 Å². The van der Waals surface area contributed by atoms with Crippen molar-refractivity contribution in [2.24, 2.45) is 5.84 Å². The molecule has 1 fully saturated rings. The van der Waals surface area contributed by atoms with Gasteiger partial charge in [-0.3, -0.25) is 9.99 Å². The summed E-state index contributed by atoms with van der Waals surface area (Å²) in [6, 6.07) is 0. The summed E-state index contributed by atoms with van der Waals surface area (Å²) >= 11 is 0. The van der Waals surface area contributed by atoms with Crippen LogP contribution >= 0.6 is 0 Å². The second-order valence-corrected chi connectivity index (χ2v) is 4.61. The van der Waals surface area contributed by atoms with E-state index in [0.717, 1.165) is 0 Å². The molecule has 0 aliphatic carbocycles. The second kappa shape index (κ2) is 5.05. The number of aliphatic hydroxyl groups is 3. The summed E-state index contributed by atoms with van der Waals surface area (Å²) in [6.07, 6.45) is -3.25. The number of fused-ring (bicyclic) bond motifs is 1. The zero-order valence-electron chi connectivity index (χ0n) is 10.8. The van der Waals surface area contributed by atoms with Gasteiger partial charge in [0.05, 0.1) is 6.61 Å². The van der Waals surface area contributed by atoms with E-state index in [-0.39, 0.29) is 22.9 Å². The van der Waals surface area contributed by atoms with Gasteiger partial charge in [-0.15, -0.1) is 0 Å². The Balaban J connectivity index is 2.14. The average Bonchev–Trinajstić information content (AvgIpc) is 2.99. The van der Waals surface area contributed by atoms with Gasteiger partial charge in [-0.05, 0) is 0 Å². The fourth-order valence-electron chi connectivity index (χ4n) is 2.36. The van der Waals surface area contributed by atoms with Crippen molar-refractivity contribution < 1.29 is 20.1 Å². The summed E-state index contributed by atoms with van der Waals surface area (Å²) in [4.78, 5) is 12.0. The van der Waals surface area contributed by atoms with Crippen LogP contribution in [0.15, 0.2) is 6.33 Å². The maximum atomic E-state index is 10.1. The van der Waals surface area contributed by atoms with Gasteiger partial charge in [0.15, 0.2) is 23.2 Å². The van der Waals surface area contributed by atoms with Crippen LogP contribution in [0.3, 0.4) is 0 Å². The van der Waals surface area contributed by atoms with E-state index in [4.69, 9.17) is 21.4 Å². The van der Waals surface area contributed by atoms with E-state index in [0.29, 0.717) is 0 Å². The lowest BCUT2D eigenvalue weighted by atomic mass is 10.1. The Morgan fingerprint density at radius 3 is 2.71 bits per heavy atom. The van der Waals surface area contributed by atoms with Gasteiger partial charge < -0.3 is 25.8 Å². The van der Waals surface area contributed by atoms with E-state index in [1.165, 1.54) is 10.9 Å². The summed E-state index contributed by atoms with van der Waals surface area (Å²) in [5.74, 6) is 5.68. The third-order valence-electron chi connectivity index (χ3n) is 3.41. The molecule has 0 unspecified atom stereocenters. The average molecular weight is 297 g/mol. The van der Waals surface area contributed by atoms with Crippen molar-refractivity contribution in [2.75, 3.05) is 17.8 Å². The highest BCUT2D eigenvalue weighted by Gasteiger charge is 2.45. The number of nitrogens with zero attached hydrogens (tertiary/aromatic N) is 4. The van der Waals surface area contributed by atoms with Gasteiger partial charge in [0.25, 0.3) is 0 Å². The molecule has 0 amide bonds. The molecule has 3 heterocycles. The van der Waals surface area contributed by atoms with Gasteiger partial charge >= 0.3 is 0 Å². The van der Waals surface area contributed by atoms with Crippen molar-refractivity contribution >= 4 is 22.9 Å². The first-order chi connectivity index (χ1) is 10.1. The molecule has 0 spiro atoms. The Kier molecular flexibility index (Phi) is 3.35.